The van der Waals surface area contributed by atoms with Gasteiger partial charge in [-0.25, -0.2) is 0 Å². The van der Waals surface area contributed by atoms with Crippen molar-refractivity contribution in [2.75, 3.05) is 0 Å². The molecular weight excluding hydrogens is 1100 g/mol. The Morgan fingerprint density at radius 1 is 0.257 bits per heavy atom. The van der Waals surface area contributed by atoms with Gasteiger partial charge in [-0.05, 0) is 0 Å². The molecule has 0 radical (unpaired) electrons. The van der Waals surface area contributed by atoms with Gasteiger partial charge >= 0.3 is 407 Å². The first-order valence-corrected chi connectivity index (χ1v) is 26.3. The predicted octanol–water partition coefficient (Wildman–Crippen LogP) is 12.0. The molecule has 0 saturated carbocycles. The zero-order valence-corrected chi connectivity index (χ0v) is 38.4. The Kier molecular flexibility index (Phi) is 8.80. The van der Waals surface area contributed by atoms with E-state index in [-0.39, 0.29) is 43.8 Å². The number of amidine groups is 4. The van der Waals surface area contributed by atoms with Crippen LogP contribution in [0.3, 0.4) is 0 Å². The third kappa shape index (κ3) is 5.44. The molecule has 4 aliphatic rings. The van der Waals surface area contributed by atoms with Crippen molar-refractivity contribution in [2.24, 2.45) is 30.0 Å². The second kappa shape index (κ2) is 14.6. The van der Waals surface area contributed by atoms with Crippen molar-refractivity contribution in [1.82, 2.24) is 6.55 Å². The summed E-state index contributed by atoms with van der Waals surface area (Å²) >= 11 is -4.95. The van der Waals surface area contributed by atoms with E-state index in [1.165, 1.54) is 0 Å². The SMILES string of the molecule is Fc1c(F)c(F)c2cc3c(cc2c1F)C1=NC3=Nc2c3cc4c(F)c(F)c(F)c(F)c4cc3c3[n]2[Ga]([Cl])[n]2c(c4cc5c(F)c(F)c(F)c(F)c5cc4c2=NC2=NC(=N3)c3cc4c(F)c(F)c(F)c(F)c4cc32)=N1. The number of halogens is 17. The molecule has 0 N–H and O–H groups in total. The summed E-state index contributed by atoms with van der Waals surface area (Å²) in [4.78, 5) is 27.7. The molecule has 6 heterocycles. The van der Waals surface area contributed by atoms with Crippen molar-refractivity contribution in [3.63, 3.8) is 0 Å². The first-order valence-electron chi connectivity index (χ1n) is 21.0. The van der Waals surface area contributed by atoms with Crippen LogP contribution < -0.4 is 11.0 Å². The van der Waals surface area contributed by atoms with Crippen LogP contribution in [0.25, 0.3) is 64.6 Å². The third-order valence-corrected chi connectivity index (χ3v) is 19.2. The summed E-state index contributed by atoms with van der Waals surface area (Å²) in [5.41, 5.74) is -2.20. The van der Waals surface area contributed by atoms with E-state index in [1.807, 2.05) is 0 Å². The number of benzene rings is 8. The number of rotatable bonds is 0. The van der Waals surface area contributed by atoms with E-state index in [1.54, 1.807) is 0 Å². The second-order valence-corrected chi connectivity index (χ2v) is 22.6. The van der Waals surface area contributed by atoms with Crippen LogP contribution in [0.4, 0.5) is 81.9 Å². The minimum absolute atomic E-state index is 0.308. The van der Waals surface area contributed by atoms with Gasteiger partial charge in [0.25, 0.3) is 0 Å². The first-order chi connectivity index (χ1) is 35.2. The van der Waals surface area contributed by atoms with Crippen LogP contribution in [-0.4, -0.2) is 45.6 Å². The molecule has 0 amide bonds. The van der Waals surface area contributed by atoms with Gasteiger partial charge in [-0.2, -0.15) is 0 Å². The molecule has 0 saturated heterocycles. The molecule has 0 spiro atoms. The average Bonchev–Trinajstić information content (AvgIpc) is 4.10. The van der Waals surface area contributed by atoms with Crippen LogP contribution in [0, 0.1) is 93.1 Å². The van der Waals surface area contributed by atoms with E-state index >= 15 is 52.7 Å². The van der Waals surface area contributed by atoms with Gasteiger partial charge in [0.2, 0.25) is 0 Å². The zero-order valence-electron chi connectivity index (χ0n) is 35.2. The molecule has 8 nitrogen and oxygen atoms in total. The fraction of sp³-hybridized carbons (Fsp3) is 0. The predicted molar refractivity (Wildman–Crippen MR) is 236 cm³/mol. The van der Waals surface area contributed by atoms with E-state index in [4.69, 9.17) is 9.64 Å². The molecule has 0 fully saturated rings. The molecule has 14 rings (SSSR count). The summed E-state index contributed by atoms with van der Waals surface area (Å²) in [5, 5.41) is -8.45. The zero-order chi connectivity index (χ0) is 51.7. The molecule has 0 aliphatic carbocycles. The Bertz CT molecular complexity index is 4540. The molecule has 8 aromatic carbocycles. The molecule has 10 aromatic rings. The summed E-state index contributed by atoms with van der Waals surface area (Å²) in [5.74, 6) is -36.0. The van der Waals surface area contributed by atoms with Crippen molar-refractivity contribution in [3.05, 3.63) is 175 Å². The summed E-state index contributed by atoms with van der Waals surface area (Å²) < 4.78 is 247. The van der Waals surface area contributed by atoms with Crippen molar-refractivity contribution in [3.8, 4) is 0 Å². The van der Waals surface area contributed by atoms with Gasteiger partial charge in [0, 0.05) is 0 Å². The third-order valence-electron chi connectivity index (χ3n) is 13.4. The van der Waals surface area contributed by atoms with Gasteiger partial charge in [-0.1, -0.05) is 0 Å². The van der Waals surface area contributed by atoms with Crippen LogP contribution in [0.2, 0.25) is 0 Å². The molecule has 74 heavy (non-hydrogen) atoms. The van der Waals surface area contributed by atoms with Crippen molar-refractivity contribution < 1.29 is 70.2 Å². The van der Waals surface area contributed by atoms with Crippen molar-refractivity contribution in [1.29, 1.82) is 0 Å². The van der Waals surface area contributed by atoms with Gasteiger partial charge < -0.3 is 0 Å². The molecule has 2 aromatic heterocycles. The van der Waals surface area contributed by atoms with Crippen LogP contribution in [-0.2, 0) is 0 Å². The summed E-state index contributed by atoms with van der Waals surface area (Å²) in [7, 11) is 7.71. The molecule has 26 heteroatoms. The second-order valence-electron chi connectivity index (χ2n) is 17.1. The summed E-state index contributed by atoms with van der Waals surface area (Å²) in [6, 6.07) is 6.48. The Hall–Kier alpha value is -8.03. The van der Waals surface area contributed by atoms with Crippen LogP contribution in [0.1, 0.15) is 22.3 Å². The maximum absolute atomic E-state index is 15.8. The maximum atomic E-state index is 15.8. The monoisotopic (exact) mass is 1100 g/mol. The molecule has 0 unspecified atom stereocenters. The normalized spacial score (nSPS) is 14.5. The van der Waals surface area contributed by atoms with Gasteiger partial charge in [-0.15, -0.1) is 0 Å². The van der Waals surface area contributed by atoms with Gasteiger partial charge in [0.1, 0.15) is 0 Å². The van der Waals surface area contributed by atoms with Crippen molar-refractivity contribution in [2.45, 2.75) is 0 Å². The number of nitrogens with zero attached hydrogens (tertiary/aromatic N) is 8. The Labute approximate surface area is 405 Å². The van der Waals surface area contributed by atoms with E-state index < -0.39 is 198 Å². The standard InChI is InChI=1S/C48H8F16N8.ClH.Ga/c49-25-9-1-17-18(2-10(9)26(50)34(58)33(25)57)42-65-41(17)69-43-19-3-11-12(28(52)36(60)35(59)27(11)51)4-20(19)45(66-43)71-47-23-7-15-16(32(56)40(64)39(63)31(15)55)8-24(23)48(68-47)72-46-22-6-14-13(5-21(22)44(67-46)70-42)29(53)37(61)38(62)30(14)54;;/h1-8H;1H;/q-2;;+3/p-1. The number of hydrogen-bond acceptors (Lipinski definition) is 6. The summed E-state index contributed by atoms with van der Waals surface area (Å²) in [6.45, 7) is 0. The average molecular weight is 1110 g/mol. The van der Waals surface area contributed by atoms with E-state index in [0.29, 0.717) is 0 Å². The quantitative estimate of drug-likeness (QED) is 0.0627. The van der Waals surface area contributed by atoms with Crippen LogP contribution >= 0.6 is 9.64 Å². The molecule has 362 valence electrons. The molecule has 6 bridgehead atoms. The van der Waals surface area contributed by atoms with E-state index in [0.717, 1.165) is 55.1 Å². The number of aliphatic imine (C=N–C) groups is 4. The Morgan fingerprint density at radius 3 is 0.757 bits per heavy atom. The molecule has 4 aliphatic heterocycles. The minimum atomic E-state index is -4.95. The number of aromatic nitrogens is 2. The van der Waals surface area contributed by atoms with E-state index in [9.17, 15) is 17.6 Å². The summed E-state index contributed by atoms with van der Waals surface area (Å²) in [6.07, 6.45) is 0. The van der Waals surface area contributed by atoms with Gasteiger partial charge in [-0.3, -0.25) is 0 Å². The first kappa shape index (κ1) is 44.6. The Balaban J connectivity index is 1.24. The van der Waals surface area contributed by atoms with Crippen LogP contribution in [0.15, 0.2) is 78.5 Å². The van der Waals surface area contributed by atoms with Gasteiger partial charge in [0.15, 0.2) is 0 Å². The number of hydrogen-bond donors (Lipinski definition) is 0. The van der Waals surface area contributed by atoms with Crippen molar-refractivity contribution >= 4 is 125 Å². The van der Waals surface area contributed by atoms with Gasteiger partial charge in [0.05, 0.1) is 0 Å². The topological polar surface area (TPSA) is 84.0 Å². The molecule has 0 atom stereocenters. The Morgan fingerprint density at radius 2 is 0.486 bits per heavy atom. The van der Waals surface area contributed by atoms with Crippen LogP contribution in [0.5, 0.6) is 0 Å². The van der Waals surface area contributed by atoms with E-state index in [2.05, 4.69) is 30.0 Å². The fourth-order valence-electron chi connectivity index (χ4n) is 9.93. The molecular formula is C48H8ClF16GaN8. The number of fused-ring (bicyclic) bond motifs is 18. The fourth-order valence-corrected chi connectivity index (χ4v) is 15.7.